The van der Waals surface area contributed by atoms with Crippen LogP contribution in [0.3, 0.4) is 0 Å². The Kier molecular flexibility index (Phi) is 4.12. The normalized spacial score (nSPS) is 24.8. The van der Waals surface area contributed by atoms with Crippen LogP contribution in [-0.2, 0) is 0 Å². The Hall–Kier alpha value is -0.880. The number of likely N-dealkylation sites (tertiary alicyclic amines) is 1. The molecule has 2 aliphatic rings. The lowest BCUT2D eigenvalue weighted by atomic mass is 10.1. The Morgan fingerprint density at radius 1 is 1.20 bits per heavy atom. The van der Waals surface area contributed by atoms with Crippen molar-refractivity contribution in [1.29, 1.82) is 0 Å². The lowest BCUT2D eigenvalue weighted by molar-refractivity contribution is 0.174. The summed E-state index contributed by atoms with van der Waals surface area (Å²) in [7, 11) is 0. The number of aromatic nitrogens is 3. The summed E-state index contributed by atoms with van der Waals surface area (Å²) in [6.45, 7) is 9.05. The van der Waals surface area contributed by atoms with Gasteiger partial charge in [-0.1, -0.05) is 6.42 Å². The lowest BCUT2D eigenvalue weighted by Crippen LogP contribution is -2.41. The van der Waals surface area contributed by atoms with E-state index in [0.717, 1.165) is 23.8 Å². The zero-order valence-electron chi connectivity index (χ0n) is 12.5. The molecular formula is C14H25N5S. The molecule has 0 radical (unpaired) electrons. The summed E-state index contributed by atoms with van der Waals surface area (Å²) in [6, 6.07) is 1.05. The molecule has 3 rings (SSSR count). The lowest BCUT2D eigenvalue weighted by Gasteiger charge is -2.32. The maximum absolute atomic E-state index is 5.35. The molecule has 1 unspecified atom stereocenters. The molecular weight excluding hydrogens is 270 g/mol. The number of nitrogens with zero attached hydrogens (tertiary/aromatic N) is 4. The molecule has 0 spiro atoms. The van der Waals surface area contributed by atoms with E-state index in [0.29, 0.717) is 12.1 Å². The maximum Gasteiger partial charge on any atom is 0.226 e. The number of hydrogen-bond donors (Lipinski definition) is 1. The van der Waals surface area contributed by atoms with Crippen molar-refractivity contribution >= 4 is 18.2 Å². The van der Waals surface area contributed by atoms with Crippen LogP contribution < -0.4 is 4.90 Å². The van der Waals surface area contributed by atoms with Crippen molar-refractivity contribution in [2.45, 2.75) is 51.6 Å². The molecule has 0 aromatic carbocycles. The highest BCUT2D eigenvalue weighted by Gasteiger charge is 2.30. The second-order valence-corrected chi connectivity index (χ2v) is 6.66. The molecule has 1 atom stereocenters. The van der Waals surface area contributed by atoms with Crippen molar-refractivity contribution in [3.8, 4) is 0 Å². The fourth-order valence-corrected chi connectivity index (χ4v) is 3.83. The smallest absolute Gasteiger partial charge is 0.226 e. The van der Waals surface area contributed by atoms with Crippen molar-refractivity contribution in [3.63, 3.8) is 0 Å². The minimum absolute atomic E-state index is 0.352. The molecule has 0 aliphatic carbocycles. The van der Waals surface area contributed by atoms with Crippen LogP contribution in [0, 0.1) is 4.77 Å². The zero-order chi connectivity index (χ0) is 14.1. The zero-order valence-corrected chi connectivity index (χ0v) is 13.3. The van der Waals surface area contributed by atoms with E-state index >= 15 is 0 Å². The first-order chi connectivity index (χ1) is 9.66. The standard InChI is InChI=1S/C14H25N5S/c1-11(2)19-13(15-16-14(19)20)18-9-6-12(10-18)17-7-4-3-5-8-17/h11-12H,3-10H2,1-2H3,(H,16,20). The maximum atomic E-state index is 5.35. The highest BCUT2D eigenvalue weighted by Crippen LogP contribution is 2.25. The molecule has 20 heavy (non-hydrogen) atoms. The van der Waals surface area contributed by atoms with Crippen molar-refractivity contribution in [3.05, 3.63) is 4.77 Å². The van der Waals surface area contributed by atoms with Crippen LogP contribution in [-0.4, -0.2) is 51.9 Å². The first-order valence-electron chi connectivity index (χ1n) is 7.82. The van der Waals surface area contributed by atoms with E-state index in [9.17, 15) is 0 Å². The monoisotopic (exact) mass is 295 g/mol. The summed E-state index contributed by atoms with van der Waals surface area (Å²) in [6.07, 6.45) is 5.37. The van der Waals surface area contributed by atoms with Gasteiger partial charge in [-0.25, -0.2) is 5.10 Å². The topological polar surface area (TPSA) is 40.1 Å². The summed E-state index contributed by atoms with van der Waals surface area (Å²) in [5.74, 6) is 1.02. The molecule has 0 amide bonds. The Bertz CT molecular complexity index is 500. The van der Waals surface area contributed by atoms with E-state index in [1.165, 1.54) is 38.8 Å². The van der Waals surface area contributed by atoms with Crippen LogP contribution in [0.15, 0.2) is 0 Å². The number of H-pyrrole nitrogens is 1. The Labute approximate surface area is 126 Å². The minimum atomic E-state index is 0.352. The van der Waals surface area contributed by atoms with Gasteiger partial charge in [-0.2, -0.15) is 0 Å². The van der Waals surface area contributed by atoms with E-state index in [-0.39, 0.29) is 0 Å². The molecule has 2 aliphatic heterocycles. The molecule has 0 saturated carbocycles. The molecule has 2 fully saturated rings. The van der Waals surface area contributed by atoms with Crippen LogP contribution in [0.2, 0.25) is 0 Å². The molecule has 1 N–H and O–H groups in total. The van der Waals surface area contributed by atoms with Crippen LogP contribution in [0.1, 0.15) is 45.6 Å². The first-order valence-corrected chi connectivity index (χ1v) is 8.23. The SMILES string of the molecule is CC(C)n1c(N2CCC(N3CCCCC3)C2)n[nH]c1=S. The molecule has 2 saturated heterocycles. The van der Waals surface area contributed by atoms with Gasteiger partial charge < -0.3 is 4.90 Å². The number of hydrogen-bond acceptors (Lipinski definition) is 4. The van der Waals surface area contributed by atoms with Gasteiger partial charge in [0.05, 0.1) is 0 Å². The fraction of sp³-hybridized carbons (Fsp3) is 0.857. The minimum Gasteiger partial charge on any atom is -0.339 e. The summed E-state index contributed by atoms with van der Waals surface area (Å²) >= 11 is 5.35. The molecule has 0 bridgehead atoms. The van der Waals surface area contributed by atoms with Crippen LogP contribution >= 0.6 is 12.2 Å². The van der Waals surface area contributed by atoms with Gasteiger partial charge in [-0.3, -0.25) is 9.47 Å². The summed E-state index contributed by atoms with van der Waals surface area (Å²) < 4.78 is 2.87. The van der Waals surface area contributed by atoms with Gasteiger partial charge in [0.25, 0.3) is 0 Å². The molecule has 6 heteroatoms. The summed E-state index contributed by atoms with van der Waals surface area (Å²) in [5.41, 5.74) is 0. The Morgan fingerprint density at radius 3 is 2.65 bits per heavy atom. The second kappa shape index (κ2) is 5.85. The Morgan fingerprint density at radius 2 is 1.95 bits per heavy atom. The number of piperidine rings is 1. The number of aromatic amines is 1. The number of rotatable bonds is 3. The van der Waals surface area contributed by atoms with E-state index in [1.807, 2.05) is 0 Å². The molecule has 5 nitrogen and oxygen atoms in total. The van der Waals surface area contributed by atoms with Gasteiger partial charge >= 0.3 is 0 Å². The predicted octanol–water partition coefficient (Wildman–Crippen LogP) is 2.59. The van der Waals surface area contributed by atoms with E-state index in [1.54, 1.807) is 0 Å². The summed E-state index contributed by atoms with van der Waals surface area (Å²) in [5, 5.41) is 7.40. The predicted molar refractivity (Wildman–Crippen MR) is 83.8 cm³/mol. The number of anilines is 1. The van der Waals surface area contributed by atoms with E-state index in [2.05, 4.69) is 38.4 Å². The largest absolute Gasteiger partial charge is 0.339 e. The van der Waals surface area contributed by atoms with Gasteiger partial charge in [-0.05, 0) is 58.4 Å². The van der Waals surface area contributed by atoms with E-state index < -0.39 is 0 Å². The highest BCUT2D eigenvalue weighted by atomic mass is 32.1. The third-order valence-corrected chi connectivity index (χ3v) is 4.84. The van der Waals surface area contributed by atoms with Gasteiger partial charge in [0.1, 0.15) is 0 Å². The third kappa shape index (κ3) is 2.63. The van der Waals surface area contributed by atoms with Crippen molar-refractivity contribution in [2.24, 2.45) is 0 Å². The number of nitrogens with one attached hydrogen (secondary N) is 1. The van der Waals surface area contributed by atoms with Crippen LogP contribution in [0.4, 0.5) is 5.95 Å². The molecule has 112 valence electrons. The average molecular weight is 295 g/mol. The quantitative estimate of drug-likeness (QED) is 0.870. The van der Waals surface area contributed by atoms with Crippen LogP contribution in [0.5, 0.6) is 0 Å². The van der Waals surface area contributed by atoms with E-state index in [4.69, 9.17) is 12.2 Å². The fourth-order valence-electron chi connectivity index (χ4n) is 3.49. The van der Waals surface area contributed by atoms with Crippen LogP contribution in [0.25, 0.3) is 0 Å². The molecule has 1 aromatic rings. The van der Waals surface area contributed by atoms with Gasteiger partial charge in [0.2, 0.25) is 5.95 Å². The third-order valence-electron chi connectivity index (χ3n) is 4.56. The van der Waals surface area contributed by atoms with Gasteiger partial charge in [-0.15, -0.1) is 5.10 Å². The van der Waals surface area contributed by atoms with Crippen molar-refractivity contribution in [1.82, 2.24) is 19.7 Å². The second-order valence-electron chi connectivity index (χ2n) is 6.28. The highest BCUT2D eigenvalue weighted by molar-refractivity contribution is 7.71. The first kappa shape index (κ1) is 14.1. The molecule has 1 aromatic heterocycles. The summed E-state index contributed by atoms with van der Waals surface area (Å²) in [4.78, 5) is 5.07. The van der Waals surface area contributed by atoms with Gasteiger partial charge in [0.15, 0.2) is 4.77 Å². The van der Waals surface area contributed by atoms with Crippen molar-refractivity contribution < 1.29 is 0 Å². The van der Waals surface area contributed by atoms with Crippen molar-refractivity contribution in [2.75, 3.05) is 31.1 Å². The molecule has 3 heterocycles. The Balaban J connectivity index is 1.72. The van der Waals surface area contributed by atoms with Gasteiger partial charge in [0, 0.05) is 25.2 Å². The average Bonchev–Trinajstić information content (AvgIpc) is 3.05.